The number of nitrogens with zero attached hydrogens (tertiary/aromatic N) is 3. The number of aromatic nitrogens is 2. The Morgan fingerprint density at radius 3 is 2.68 bits per heavy atom. The van der Waals surface area contributed by atoms with Gasteiger partial charge in [0.25, 0.3) is 0 Å². The minimum absolute atomic E-state index is 0.123. The molecule has 0 atom stereocenters. The van der Waals surface area contributed by atoms with Gasteiger partial charge < -0.3 is 15.0 Å². The van der Waals surface area contributed by atoms with E-state index in [0.29, 0.717) is 0 Å². The third-order valence-electron chi connectivity index (χ3n) is 3.44. The summed E-state index contributed by atoms with van der Waals surface area (Å²) in [6.07, 6.45) is 0.843. The smallest absolute Gasteiger partial charge is 0.137 e. The lowest BCUT2D eigenvalue weighted by Crippen LogP contribution is -2.49. The number of ether oxygens (including phenoxy) is 1. The number of hydrogen-bond acceptors (Lipinski definition) is 5. The zero-order valence-electron chi connectivity index (χ0n) is 12.6. The van der Waals surface area contributed by atoms with E-state index in [9.17, 15) is 0 Å². The van der Waals surface area contributed by atoms with Gasteiger partial charge in [0.1, 0.15) is 17.5 Å². The van der Waals surface area contributed by atoms with Gasteiger partial charge in [0, 0.05) is 32.1 Å². The molecular weight excluding hydrogens is 240 g/mol. The van der Waals surface area contributed by atoms with Crippen LogP contribution < -0.4 is 10.2 Å². The largest absolute Gasteiger partial charge is 0.373 e. The van der Waals surface area contributed by atoms with Crippen molar-refractivity contribution in [2.75, 3.05) is 37.0 Å². The van der Waals surface area contributed by atoms with Gasteiger partial charge in [-0.1, -0.05) is 6.92 Å². The van der Waals surface area contributed by atoms with Crippen molar-refractivity contribution in [3.8, 4) is 0 Å². The van der Waals surface area contributed by atoms with E-state index >= 15 is 0 Å². The molecular formula is C14H24N4O. The molecule has 0 aromatic carbocycles. The second-order valence-electron chi connectivity index (χ2n) is 5.57. The van der Waals surface area contributed by atoms with Gasteiger partial charge in [-0.2, -0.15) is 0 Å². The van der Waals surface area contributed by atoms with Crippen molar-refractivity contribution in [2.24, 2.45) is 0 Å². The fraction of sp³-hybridized carbons (Fsp3) is 0.714. The number of aryl methyl sites for hydroxylation is 1. The quantitative estimate of drug-likeness (QED) is 0.905. The van der Waals surface area contributed by atoms with Gasteiger partial charge >= 0.3 is 0 Å². The molecule has 0 unspecified atom stereocenters. The Hall–Kier alpha value is -1.36. The molecule has 1 aliphatic rings. The van der Waals surface area contributed by atoms with Crippen LogP contribution in [-0.2, 0) is 11.2 Å². The molecule has 19 heavy (non-hydrogen) atoms. The fourth-order valence-electron chi connectivity index (χ4n) is 2.46. The average Bonchev–Trinajstić information content (AvgIpc) is 2.38. The third-order valence-corrected chi connectivity index (χ3v) is 3.44. The van der Waals surface area contributed by atoms with Crippen molar-refractivity contribution in [1.82, 2.24) is 9.97 Å². The van der Waals surface area contributed by atoms with E-state index in [-0.39, 0.29) is 5.60 Å². The normalized spacial score (nSPS) is 18.5. The van der Waals surface area contributed by atoms with Crippen LogP contribution in [0.5, 0.6) is 0 Å². The molecule has 2 rings (SSSR count). The monoisotopic (exact) mass is 264 g/mol. The standard InChI is InChI=1S/C14H24N4O/c1-6-11-16-12(15-5)10(2)13(17-11)18-7-8-19-14(3,4)9-18/h6-9H2,1-5H3,(H,15,16,17). The molecule has 5 heteroatoms. The molecule has 5 nitrogen and oxygen atoms in total. The number of nitrogens with one attached hydrogen (secondary N) is 1. The molecule has 0 radical (unpaired) electrons. The first-order chi connectivity index (χ1) is 8.96. The molecule has 0 saturated carbocycles. The summed E-state index contributed by atoms with van der Waals surface area (Å²) in [4.78, 5) is 11.5. The van der Waals surface area contributed by atoms with Crippen LogP contribution in [0, 0.1) is 6.92 Å². The van der Waals surface area contributed by atoms with E-state index < -0.39 is 0 Å². The summed E-state index contributed by atoms with van der Waals surface area (Å²) >= 11 is 0. The fourth-order valence-corrected chi connectivity index (χ4v) is 2.46. The van der Waals surface area contributed by atoms with Gasteiger partial charge in [0.15, 0.2) is 0 Å². The first-order valence-corrected chi connectivity index (χ1v) is 6.91. The predicted molar refractivity (Wildman–Crippen MR) is 77.9 cm³/mol. The molecule has 2 heterocycles. The van der Waals surface area contributed by atoms with Crippen molar-refractivity contribution < 1.29 is 4.74 Å². The first kappa shape index (κ1) is 14.1. The van der Waals surface area contributed by atoms with Crippen LogP contribution in [0.1, 0.15) is 32.2 Å². The maximum atomic E-state index is 5.77. The van der Waals surface area contributed by atoms with Gasteiger partial charge in [-0.3, -0.25) is 0 Å². The Morgan fingerprint density at radius 1 is 1.37 bits per heavy atom. The summed E-state index contributed by atoms with van der Waals surface area (Å²) in [5.41, 5.74) is 0.986. The van der Waals surface area contributed by atoms with Gasteiger partial charge in [0.2, 0.25) is 0 Å². The van der Waals surface area contributed by atoms with Gasteiger partial charge in [-0.15, -0.1) is 0 Å². The number of rotatable bonds is 3. The summed E-state index contributed by atoms with van der Waals surface area (Å²) in [6.45, 7) is 10.9. The van der Waals surface area contributed by atoms with Crippen LogP contribution in [0.25, 0.3) is 0 Å². The number of morpholine rings is 1. The van der Waals surface area contributed by atoms with Crippen molar-refractivity contribution in [3.63, 3.8) is 0 Å². The summed E-state index contributed by atoms with van der Waals surface area (Å²) in [5.74, 6) is 2.84. The molecule has 0 amide bonds. The summed E-state index contributed by atoms with van der Waals surface area (Å²) < 4.78 is 5.77. The van der Waals surface area contributed by atoms with Crippen molar-refractivity contribution in [2.45, 2.75) is 39.7 Å². The first-order valence-electron chi connectivity index (χ1n) is 6.91. The Kier molecular flexibility index (Phi) is 3.94. The van der Waals surface area contributed by atoms with Crippen molar-refractivity contribution in [3.05, 3.63) is 11.4 Å². The van der Waals surface area contributed by atoms with E-state index in [1.165, 1.54) is 0 Å². The lowest BCUT2D eigenvalue weighted by Gasteiger charge is -2.39. The summed E-state index contributed by atoms with van der Waals surface area (Å²) in [6, 6.07) is 0. The molecule has 106 valence electrons. The molecule has 0 spiro atoms. The molecule has 0 bridgehead atoms. The second-order valence-corrected chi connectivity index (χ2v) is 5.57. The Labute approximate surface area is 115 Å². The van der Waals surface area contributed by atoms with E-state index in [4.69, 9.17) is 9.72 Å². The van der Waals surface area contributed by atoms with Crippen LogP contribution >= 0.6 is 0 Å². The number of anilines is 2. The maximum Gasteiger partial charge on any atom is 0.137 e. The van der Waals surface area contributed by atoms with Crippen LogP contribution in [0.15, 0.2) is 0 Å². The topological polar surface area (TPSA) is 50.3 Å². The molecule has 0 aliphatic carbocycles. The highest BCUT2D eigenvalue weighted by Gasteiger charge is 2.29. The lowest BCUT2D eigenvalue weighted by molar-refractivity contribution is -0.0279. The number of hydrogen-bond donors (Lipinski definition) is 1. The highest BCUT2D eigenvalue weighted by molar-refractivity contribution is 5.58. The van der Waals surface area contributed by atoms with Crippen molar-refractivity contribution in [1.29, 1.82) is 0 Å². The molecule has 1 aliphatic heterocycles. The maximum absolute atomic E-state index is 5.77. The predicted octanol–water partition coefficient (Wildman–Crippen LogP) is 2.00. The molecule has 1 aromatic heterocycles. The molecule has 1 N–H and O–H groups in total. The highest BCUT2D eigenvalue weighted by atomic mass is 16.5. The summed E-state index contributed by atoms with van der Waals surface area (Å²) in [5, 5.41) is 3.16. The van der Waals surface area contributed by atoms with Gasteiger partial charge in [-0.25, -0.2) is 9.97 Å². The van der Waals surface area contributed by atoms with Gasteiger partial charge in [-0.05, 0) is 20.8 Å². The Morgan fingerprint density at radius 2 is 2.11 bits per heavy atom. The zero-order chi connectivity index (χ0) is 14.0. The lowest BCUT2D eigenvalue weighted by atomic mass is 10.1. The highest BCUT2D eigenvalue weighted by Crippen LogP contribution is 2.27. The second kappa shape index (κ2) is 5.33. The van der Waals surface area contributed by atoms with Gasteiger partial charge in [0.05, 0.1) is 12.2 Å². The molecule has 1 fully saturated rings. The SMILES string of the molecule is CCc1nc(NC)c(C)c(N2CCOC(C)(C)C2)n1. The van der Waals surface area contributed by atoms with E-state index in [2.05, 4.69) is 42.9 Å². The van der Waals surface area contributed by atoms with Crippen LogP contribution in [0.3, 0.4) is 0 Å². The van der Waals surface area contributed by atoms with E-state index in [1.807, 2.05) is 7.05 Å². The van der Waals surface area contributed by atoms with Crippen LogP contribution in [0.2, 0.25) is 0 Å². The Balaban J connectivity index is 2.37. The van der Waals surface area contributed by atoms with Crippen LogP contribution in [0.4, 0.5) is 11.6 Å². The van der Waals surface area contributed by atoms with Crippen molar-refractivity contribution >= 4 is 11.6 Å². The van der Waals surface area contributed by atoms with E-state index in [0.717, 1.165) is 49.1 Å². The molecule has 1 aromatic rings. The molecule has 1 saturated heterocycles. The zero-order valence-corrected chi connectivity index (χ0v) is 12.6. The summed E-state index contributed by atoms with van der Waals surface area (Å²) in [7, 11) is 1.90. The minimum Gasteiger partial charge on any atom is -0.373 e. The Bertz CT molecular complexity index is 459. The van der Waals surface area contributed by atoms with E-state index in [1.54, 1.807) is 0 Å². The minimum atomic E-state index is -0.123. The third kappa shape index (κ3) is 2.97. The van der Waals surface area contributed by atoms with Crippen LogP contribution in [-0.4, -0.2) is 42.3 Å². The average molecular weight is 264 g/mol.